The average Bonchev–Trinajstić information content (AvgIpc) is 3.20. The van der Waals surface area contributed by atoms with Crippen molar-refractivity contribution in [2.75, 3.05) is 46.4 Å². The fourth-order valence-corrected chi connectivity index (χ4v) is 6.08. The topological polar surface area (TPSA) is 61.9 Å². The first-order chi connectivity index (χ1) is 13.0. The Kier molecular flexibility index (Phi) is 5.73. The number of piperidine rings is 3. The second-order valence-electron chi connectivity index (χ2n) is 8.23. The van der Waals surface area contributed by atoms with Crippen LogP contribution >= 0.6 is 0 Å². The first-order valence-corrected chi connectivity index (χ1v) is 11.6. The molecule has 6 nitrogen and oxygen atoms in total. The molecule has 4 fully saturated rings. The quantitative estimate of drug-likeness (QED) is 0.765. The second-order valence-corrected chi connectivity index (χ2v) is 10.00. The zero-order valence-corrected chi connectivity index (χ0v) is 17.0. The van der Waals surface area contributed by atoms with E-state index in [1.54, 1.807) is 31.4 Å². The molecule has 4 saturated heterocycles. The van der Waals surface area contributed by atoms with E-state index >= 15 is 0 Å². The molecule has 0 aliphatic carbocycles. The molecule has 4 aliphatic rings. The van der Waals surface area contributed by atoms with Crippen LogP contribution in [0.1, 0.15) is 25.7 Å². The number of methoxy groups -OCH3 is 1. The van der Waals surface area contributed by atoms with Crippen LogP contribution in [0.4, 0.5) is 0 Å². The monoisotopic (exact) mass is 393 g/mol. The van der Waals surface area contributed by atoms with E-state index in [-0.39, 0.29) is 0 Å². The molecule has 0 spiro atoms. The smallest absolute Gasteiger partial charge is 0.240 e. The summed E-state index contributed by atoms with van der Waals surface area (Å²) in [6, 6.07) is 6.89. The Hall–Kier alpha value is -1.15. The van der Waals surface area contributed by atoms with Gasteiger partial charge in [-0.2, -0.15) is 0 Å². The second kappa shape index (κ2) is 8.07. The van der Waals surface area contributed by atoms with E-state index in [4.69, 9.17) is 4.74 Å². The lowest BCUT2D eigenvalue weighted by atomic mass is 9.75. The number of rotatable bonds is 7. The van der Waals surface area contributed by atoms with Gasteiger partial charge in [0.2, 0.25) is 10.0 Å². The van der Waals surface area contributed by atoms with Crippen LogP contribution in [0.5, 0.6) is 5.75 Å². The minimum atomic E-state index is -3.47. The first-order valence-electron chi connectivity index (χ1n) is 10.2. The van der Waals surface area contributed by atoms with E-state index in [9.17, 15) is 8.42 Å². The van der Waals surface area contributed by atoms with E-state index in [0.29, 0.717) is 23.2 Å². The van der Waals surface area contributed by atoms with Crippen LogP contribution in [0, 0.1) is 11.8 Å². The SMILES string of the molecule is COc1ccc(S(=O)(=O)NC[C@@H]2C[C@H]3CCN2C[C@@H]3CN2CCCC2)cc1. The van der Waals surface area contributed by atoms with Crippen LogP contribution in [0.15, 0.2) is 29.2 Å². The van der Waals surface area contributed by atoms with Crippen molar-refractivity contribution in [1.82, 2.24) is 14.5 Å². The van der Waals surface area contributed by atoms with Crippen molar-refractivity contribution < 1.29 is 13.2 Å². The summed E-state index contributed by atoms with van der Waals surface area (Å²) in [5, 5.41) is 0. The van der Waals surface area contributed by atoms with Gasteiger partial charge >= 0.3 is 0 Å². The predicted molar refractivity (Wildman–Crippen MR) is 105 cm³/mol. The maximum atomic E-state index is 12.6. The van der Waals surface area contributed by atoms with E-state index in [2.05, 4.69) is 14.5 Å². The molecule has 0 aromatic heterocycles. The minimum absolute atomic E-state index is 0.297. The lowest BCUT2D eigenvalue weighted by Crippen LogP contribution is -2.58. The zero-order chi connectivity index (χ0) is 18.9. The average molecular weight is 394 g/mol. The molecule has 1 N–H and O–H groups in total. The van der Waals surface area contributed by atoms with Gasteiger partial charge in [-0.1, -0.05) is 0 Å². The van der Waals surface area contributed by atoms with Crippen LogP contribution in [0.25, 0.3) is 0 Å². The van der Waals surface area contributed by atoms with E-state index < -0.39 is 10.0 Å². The standard InChI is InChI=1S/C20H31N3O3S/c1-26-19-4-6-20(7-5-19)27(24,25)21-13-18-12-16-8-11-23(18)15-17(16)14-22-9-2-3-10-22/h4-7,16-18,21H,2-3,8-15H2,1H3/t16-,17+,18+/m1/s1. The van der Waals surface area contributed by atoms with Crippen molar-refractivity contribution >= 4 is 10.0 Å². The third-order valence-corrected chi connectivity index (χ3v) is 8.02. The van der Waals surface area contributed by atoms with E-state index in [1.807, 2.05) is 0 Å². The van der Waals surface area contributed by atoms with Crippen molar-refractivity contribution in [3.63, 3.8) is 0 Å². The number of hydrogen-bond donors (Lipinski definition) is 1. The lowest BCUT2D eigenvalue weighted by molar-refractivity contribution is -0.00770. The molecule has 5 rings (SSSR count). The summed E-state index contributed by atoms with van der Waals surface area (Å²) >= 11 is 0. The summed E-state index contributed by atoms with van der Waals surface area (Å²) in [7, 11) is -1.90. The van der Waals surface area contributed by atoms with Crippen LogP contribution in [0.2, 0.25) is 0 Å². The molecular weight excluding hydrogens is 362 g/mol. The number of nitrogens with one attached hydrogen (secondary N) is 1. The molecule has 4 atom stereocenters. The van der Waals surface area contributed by atoms with Gasteiger partial charge in [0.25, 0.3) is 0 Å². The van der Waals surface area contributed by atoms with Crippen molar-refractivity contribution in [2.45, 2.75) is 36.6 Å². The summed E-state index contributed by atoms with van der Waals surface area (Å²) in [4.78, 5) is 5.43. The number of nitrogens with zero attached hydrogens (tertiary/aromatic N) is 2. The summed E-state index contributed by atoms with van der Waals surface area (Å²) in [6.07, 6.45) is 5.07. The molecule has 1 aromatic carbocycles. The molecule has 0 radical (unpaired) electrons. The van der Waals surface area contributed by atoms with E-state index in [1.165, 1.54) is 38.9 Å². The largest absolute Gasteiger partial charge is 0.497 e. The van der Waals surface area contributed by atoms with Gasteiger partial charge in [0.05, 0.1) is 12.0 Å². The Balaban J connectivity index is 1.32. The summed E-state index contributed by atoms with van der Waals surface area (Å²) in [6.45, 7) is 6.47. The molecule has 1 aromatic rings. The van der Waals surface area contributed by atoms with Gasteiger partial charge in [0, 0.05) is 25.7 Å². The third kappa shape index (κ3) is 4.31. The highest BCUT2D eigenvalue weighted by Gasteiger charge is 2.40. The van der Waals surface area contributed by atoms with Gasteiger partial charge < -0.3 is 9.64 Å². The zero-order valence-electron chi connectivity index (χ0n) is 16.1. The highest BCUT2D eigenvalue weighted by atomic mass is 32.2. The van der Waals surface area contributed by atoms with Gasteiger partial charge in [0.1, 0.15) is 5.75 Å². The predicted octanol–water partition coefficient (Wildman–Crippen LogP) is 1.78. The normalized spacial score (nSPS) is 31.3. The van der Waals surface area contributed by atoms with Crippen molar-refractivity contribution in [2.24, 2.45) is 11.8 Å². The fourth-order valence-electron chi connectivity index (χ4n) is 5.01. The Labute approximate surface area is 162 Å². The van der Waals surface area contributed by atoms with Gasteiger partial charge in [-0.25, -0.2) is 13.1 Å². The highest BCUT2D eigenvalue weighted by Crippen LogP contribution is 2.37. The van der Waals surface area contributed by atoms with E-state index in [0.717, 1.165) is 31.3 Å². The van der Waals surface area contributed by atoms with Crippen LogP contribution in [0.3, 0.4) is 0 Å². The van der Waals surface area contributed by atoms with Crippen LogP contribution in [-0.4, -0.2) is 70.6 Å². The number of benzene rings is 1. The molecular formula is C20H31N3O3S. The van der Waals surface area contributed by atoms with Crippen molar-refractivity contribution in [1.29, 1.82) is 0 Å². The molecule has 4 aliphatic heterocycles. The van der Waals surface area contributed by atoms with Crippen LogP contribution < -0.4 is 9.46 Å². The number of fused-ring (bicyclic) bond motifs is 3. The van der Waals surface area contributed by atoms with Gasteiger partial charge in [-0.15, -0.1) is 0 Å². The Bertz CT molecular complexity index is 731. The summed E-state index contributed by atoms with van der Waals surface area (Å²) < 4.78 is 33.1. The third-order valence-electron chi connectivity index (χ3n) is 6.58. The minimum Gasteiger partial charge on any atom is -0.497 e. The summed E-state index contributed by atoms with van der Waals surface area (Å²) in [5.74, 6) is 2.16. The molecule has 150 valence electrons. The van der Waals surface area contributed by atoms with Gasteiger partial charge in [-0.3, -0.25) is 4.90 Å². The molecule has 0 amide bonds. The maximum Gasteiger partial charge on any atom is 0.240 e. The van der Waals surface area contributed by atoms with Crippen molar-refractivity contribution in [3.05, 3.63) is 24.3 Å². The molecule has 2 bridgehead atoms. The number of sulfonamides is 1. The number of hydrogen-bond acceptors (Lipinski definition) is 5. The molecule has 1 unspecified atom stereocenters. The summed E-state index contributed by atoms with van der Waals surface area (Å²) in [5.41, 5.74) is 0. The Morgan fingerprint density at radius 2 is 1.89 bits per heavy atom. The van der Waals surface area contributed by atoms with Crippen LogP contribution in [-0.2, 0) is 10.0 Å². The van der Waals surface area contributed by atoms with Crippen molar-refractivity contribution in [3.8, 4) is 5.75 Å². The first kappa shape index (κ1) is 19.2. The fraction of sp³-hybridized carbons (Fsp3) is 0.700. The van der Waals surface area contributed by atoms with Gasteiger partial charge in [-0.05, 0) is 81.4 Å². The van der Waals surface area contributed by atoms with Gasteiger partial charge in [0.15, 0.2) is 0 Å². The molecule has 4 heterocycles. The maximum absolute atomic E-state index is 12.6. The number of likely N-dealkylation sites (tertiary alicyclic amines) is 1. The molecule has 27 heavy (non-hydrogen) atoms. The Morgan fingerprint density at radius 3 is 2.52 bits per heavy atom. The lowest BCUT2D eigenvalue weighted by Gasteiger charge is -2.50. The Morgan fingerprint density at radius 1 is 1.15 bits per heavy atom. The molecule has 0 saturated carbocycles. The molecule has 7 heteroatoms. The number of ether oxygens (including phenoxy) is 1. The highest BCUT2D eigenvalue weighted by molar-refractivity contribution is 7.89.